The number of carbonyl (C=O) groups is 4. The van der Waals surface area contributed by atoms with Crippen LogP contribution in [-0.2, 0) is 25.7 Å². The van der Waals surface area contributed by atoms with E-state index in [-0.39, 0.29) is 41.1 Å². The normalized spacial score (nSPS) is 14.3. The van der Waals surface area contributed by atoms with Crippen LogP contribution >= 0.6 is 0 Å². The molecular weight excluding hydrogens is 850 g/mol. The number of carboxylic acid groups (broad SMARTS) is 3. The van der Waals surface area contributed by atoms with E-state index in [9.17, 15) is 49.6 Å². The van der Waals surface area contributed by atoms with Crippen molar-refractivity contribution in [3.05, 3.63) is 72.3 Å². The van der Waals surface area contributed by atoms with Crippen LogP contribution in [-0.4, -0.2) is 100 Å². The lowest BCUT2D eigenvalue weighted by Crippen LogP contribution is -2.40. The van der Waals surface area contributed by atoms with Gasteiger partial charge in [-0.3, -0.25) is 4.79 Å². The Bertz CT molecular complexity index is 2210. The monoisotopic (exact) mass is 882 g/mol. The SMILES string of the molecule is CC(C)(N)/C=C(/C#N)C(=O)N1CCC[C@@H]1Cn1nc(-c2ccc(Oc3ccccc3)cc2F)c2c(N)ncnc21.O=C(O)C(F)(F)F.O=C(O)C(F)(F)F.O=C(O)C(F)(F)F. The lowest BCUT2D eigenvalue weighted by Gasteiger charge is -2.25. The topological polar surface area (TPSA) is 261 Å². The van der Waals surface area contributed by atoms with Gasteiger partial charge in [-0.25, -0.2) is 33.4 Å². The van der Waals surface area contributed by atoms with Gasteiger partial charge in [0.05, 0.1) is 18.0 Å². The number of fused-ring (bicyclic) bond motifs is 1. The zero-order valence-corrected chi connectivity index (χ0v) is 31.2. The molecular formula is C35H32F10N8O8. The molecule has 1 atom stereocenters. The van der Waals surface area contributed by atoms with E-state index in [2.05, 4.69) is 9.97 Å². The first-order valence-electron chi connectivity index (χ1n) is 16.6. The van der Waals surface area contributed by atoms with Gasteiger partial charge < -0.3 is 36.4 Å². The van der Waals surface area contributed by atoms with Crippen molar-refractivity contribution in [1.82, 2.24) is 24.6 Å². The zero-order chi connectivity index (χ0) is 46.7. The van der Waals surface area contributed by atoms with Gasteiger partial charge in [0.25, 0.3) is 5.91 Å². The number of aliphatic carboxylic acids is 3. The van der Waals surface area contributed by atoms with Crippen molar-refractivity contribution in [2.75, 3.05) is 12.3 Å². The fourth-order valence-electron chi connectivity index (χ4n) is 4.88. The van der Waals surface area contributed by atoms with Gasteiger partial charge in [-0.05, 0) is 57.0 Å². The second-order valence-electron chi connectivity index (χ2n) is 12.7. The number of aromatic nitrogens is 4. The number of nitriles is 1. The predicted molar refractivity (Wildman–Crippen MR) is 189 cm³/mol. The second kappa shape index (κ2) is 20.3. The molecule has 61 heavy (non-hydrogen) atoms. The highest BCUT2D eigenvalue weighted by Gasteiger charge is 2.39. The minimum atomic E-state index is -5.08. The molecule has 1 aliphatic rings. The van der Waals surface area contributed by atoms with E-state index in [0.717, 1.165) is 6.42 Å². The van der Waals surface area contributed by atoms with Crippen LogP contribution in [0.3, 0.4) is 0 Å². The molecule has 3 heterocycles. The van der Waals surface area contributed by atoms with Gasteiger partial charge in [0.15, 0.2) is 5.65 Å². The summed E-state index contributed by atoms with van der Waals surface area (Å²) in [6.07, 6.45) is -11.0. The maximum atomic E-state index is 15.4. The van der Waals surface area contributed by atoms with Crippen LogP contribution in [0.1, 0.15) is 26.7 Å². The number of benzene rings is 2. The van der Waals surface area contributed by atoms with Gasteiger partial charge in [0, 0.05) is 23.7 Å². The zero-order valence-electron chi connectivity index (χ0n) is 31.2. The molecule has 0 aliphatic carbocycles. The van der Waals surface area contributed by atoms with Crippen molar-refractivity contribution in [1.29, 1.82) is 5.26 Å². The summed E-state index contributed by atoms with van der Waals surface area (Å²) in [5.41, 5.74) is 12.3. The Balaban J connectivity index is 0.000000502. The number of nitrogens with zero attached hydrogens (tertiary/aromatic N) is 6. The first-order chi connectivity index (χ1) is 28.0. The highest BCUT2D eigenvalue weighted by molar-refractivity contribution is 5.99. The second-order valence-corrected chi connectivity index (χ2v) is 12.7. The third kappa shape index (κ3) is 15.3. The molecule has 7 N–H and O–H groups in total. The van der Waals surface area contributed by atoms with Crippen molar-refractivity contribution >= 4 is 40.7 Å². The lowest BCUT2D eigenvalue weighted by atomic mass is 10.0. The fourth-order valence-corrected chi connectivity index (χ4v) is 4.88. The summed E-state index contributed by atoms with van der Waals surface area (Å²) in [7, 11) is 0. The van der Waals surface area contributed by atoms with E-state index in [0.29, 0.717) is 35.5 Å². The maximum absolute atomic E-state index is 15.4. The molecule has 0 saturated carbocycles. The van der Waals surface area contributed by atoms with Crippen molar-refractivity contribution in [3.63, 3.8) is 0 Å². The number of likely N-dealkylation sites (tertiary alicyclic amines) is 1. The number of hydrogen-bond acceptors (Lipinski definition) is 11. The third-order valence-corrected chi connectivity index (χ3v) is 7.35. The Morgan fingerprint density at radius 1 is 0.885 bits per heavy atom. The van der Waals surface area contributed by atoms with E-state index in [1.807, 2.05) is 24.3 Å². The van der Waals surface area contributed by atoms with E-state index < -0.39 is 47.8 Å². The van der Waals surface area contributed by atoms with Crippen LogP contribution in [0.5, 0.6) is 11.5 Å². The Labute approximate surface area is 336 Å². The van der Waals surface area contributed by atoms with Crippen molar-refractivity contribution < 1.29 is 83.1 Å². The number of anilines is 1. The standard InChI is InChI=1S/C29H29FN8O2.3C2HF3O2/c1-29(2,33)14-18(15-31)28(39)37-12-6-7-19(37)16-38-27-24(26(32)34-17-35-27)25(36-38)22-11-10-21(13-23(22)30)40-20-8-4-3-5-9-20;3*3-2(4,5)1(6)7/h3-5,8-11,13-14,17,19H,6-7,12,16,33H2,1-2H3,(H2,32,34,35);3*(H,6,7)/b18-14-;;;/t19-;;;/m1.../s1. The minimum Gasteiger partial charge on any atom is -0.475 e. The molecule has 26 heteroatoms. The predicted octanol–water partition coefficient (Wildman–Crippen LogP) is 6.09. The van der Waals surface area contributed by atoms with Crippen LogP contribution in [0.2, 0.25) is 0 Å². The van der Waals surface area contributed by atoms with Gasteiger partial charge >= 0.3 is 36.4 Å². The maximum Gasteiger partial charge on any atom is 0.490 e. The Kier molecular flexibility index (Phi) is 16.7. The number of rotatable bonds is 7. The summed E-state index contributed by atoms with van der Waals surface area (Å²) in [5.74, 6) is -8.12. The summed E-state index contributed by atoms with van der Waals surface area (Å²) in [4.78, 5) is 50.1. The number of halogens is 10. The largest absolute Gasteiger partial charge is 0.490 e. The average molecular weight is 883 g/mol. The molecule has 1 amide bonds. The highest BCUT2D eigenvalue weighted by Crippen LogP contribution is 2.35. The Morgan fingerprint density at radius 2 is 1.41 bits per heavy atom. The number of nitrogens with two attached hydrogens (primary N) is 2. The van der Waals surface area contributed by atoms with Crippen LogP contribution in [0.25, 0.3) is 22.3 Å². The van der Waals surface area contributed by atoms with E-state index >= 15 is 4.39 Å². The molecule has 0 radical (unpaired) electrons. The number of ether oxygens (including phenoxy) is 1. The number of carboxylic acids is 3. The number of nitrogen functional groups attached to an aromatic ring is 1. The molecule has 4 aromatic rings. The summed E-state index contributed by atoms with van der Waals surface area (Å²) in [5, 5.41) is 36.1. The van der Waals surface area contributed by atoms with E-state index in [1.165, 1.54) is 18.5 Å². The number of carbonyl (C=O) groups excluding carboxylic acids is 1. The number of para-hydroxylation sites is 1. The van der Waals surface area contributed by atoms with Gasteiger partial charge in [-0.2, -0.15) is 49.9 Å². The molecule has 2 aromatic heterocycles. The van der Waals surface area contributed by atoms with Gasteiger partial charge in [-0.1, -0.05) is 18.2 Å². The molecule has 1 saturated heterocycles. The smallest absolute Gasteiger partial charge is 0.475 e. The third-order valence-electron chi connectivity index (χ3n) is 7.35. The van der Waals surface area contributed by atoms with Crippen molar-refractivity contribution in [3.8, 4) is 28.8 Å². The summed E-state index contributed by atoms with van der Waals surface area (Å²) < 4.78 is 118. The van der Waals surface area contributed by atoms with Crippen molar-refractivity contribution in [2.24, 2.45) is 5.73 Å². The number of amides is 1. The first kappa shape index (κ1) is 50.1. The molecule has 0 unspecified atom stereocenters. The molecule has 1 fully saturated rings. The molecule has 5 rings (SSSR count). The highest BCUT2D eigenvalue weighted by atomic mass is 19.4. The van der Waals surface area contributed by atoms with Gasteiger partial charge in [0.2, 0.25) is 0 Å². The molecule has 0 bridgehead atoms. The lowest BCUT2D eigenvalue weighted by molar-refractivity contribution is -0.193. The van der Waals surface area contributed by atoms with Crippen molar-refractivity contribution in [2.45, 2.75) is 63.3 Å². The fraction of sp³-hybridized carbons (Fsp3) is 0.314. The number of hydrogen-bond donors (Lipinski definition) is 5. The van der Waals surface area contributed by atoms with E-state index in [1.54, 1.807) is 47.7 Å². The first-order valence-corrected chi connectivity index (χ1v) is 16.6. The average Bonchev–Trinajstić information content (AvgIpc) is 3.75. The van der Waals surface area contributed by atoms with Gasteiger partial charge in [0.1, 0.15) is 46.8 Å². The summed E-state index contributed by atoms with van der Waals surface area (Å²) >= 11 is 0. The minimum absolute atomic E-state index is 0.00290. The molecule has 16 nitrogen and oxygen atoms in total. The Hall–Kier alpha value is -7.04. The molecule has 0 spiro atoms. The number of alkyl halides is 9. The summed E-state index contributed by atoms with van der Waals surface area (Å²) in [6, 6.07) is 15.3. The Morgan fingerprint density at radius 3 is 1.87 bits per heavy atom. The quantitative estimate of drug-likeness (QED) is 0.0800. The van der Waals surface area contributed by atoms with Crippen LogP contribution in [0.4, 0.5) is 49.7 Å². The molecule has 2 aromatic carbocycles. The molecule has 1 aliphatic heterocycles. The van der Waals surface area contributed by atoms with Gasteiger partial charge in [-0.15, -0.1) is 0 Å². The molecule has 330 valence electrons. The van der Waals surface area contributed by atoms with Crippen LogP contribution < -0.4 is 16.2 Å². The van der Waals surface area contributed by atoms with Crippen LogP contribution in [0.15, 0.2) is 66.5 Å². The van der Waals surface area contributed by atoms with E-state index in [4.69, 9.17) is 51.0 Å². The summed E-state index contributed by atoms with van der Waals surface area (Å²) in [6.45, 7) is 4.22. The van der Waals surface area contributed by atoms with Crippen LogP contribution in [0, 0.1) is 17.1 Å².